The summed E-state index contributed by atoms with van der Waals surface area (Å²) in [7, 11) is 3.12. The van der Waals surface area contributed by atoms with E-state index in [1.165, 1.54) is 0 Å². The van der Waals surface area contributed by atoms with Crippen LogP contribution in [0.4, 0.5) is 11.4 Å². The number of ether oxygens (including phenoxy) is 2. The molecule has 2 N–H and O–H groups in total. The molecule has 2 rings (SSSR count). The van der Waals surface area contributed by atoms with Gasteiger partial charge in [-0.05, 0) is 30.5 Å². The predicted octanol–water partition coefficient (Wildman–Crippen LogP) is 3.81. The number of hydrogen-bond donors (Lipinski definition) is 2. The van der Waals surface area contributed by atoms with Gasteiger partial charge in [-0.1, -0.05) is 13.8 Å². The van der Waals surface area contributed by atoms with Crippen LogP contribution in [-0.4, -0.2) is 31.7 Å². The lowest BCUT2D eigenvalue weighted by Gasteiger charge is -2.11. The average Bonchev–Trinajstić information content (AvgIpc) is 2.61. The van der Waals surface area contributed by atoms with Crippen molar-refractivity contribution in [1.82, 2.24) is 4.98 Å². The monoisotopic (exact) mass is 343 g/mol. The van der Waals surface area contributed by atoms with Crippen LogP contribution in [0.3, 0.4) is 0 Å². The van der Waals surface area contributed by atoms with E-state index in [1.54, 1.807) is 50.9 Å². The van der Waals surface area contributed by atoms with Crippen LogP contribution >= 0.6 is 0 Å². The summed E-state index contributed by atoms with van der Waals surface area (Å²) in [6, 6.07) is 7.02. The Hall–Kier alpha value is -2.76. The third-order valence-corrected chi connectivity index (χ3v) is 3.69. The lowest BCUT2D eigenvalue weighted by molar-refractivity contribution is 0.102. The summed E-state index contributed by atoms with van der Waals surface area (Å²) >= 11 is 0. The Bertz CT molecular complexity index is 717. The number of benzene rings is 1. The maximum atomic E-state index is 12.5. The molecule has 1 aromatic heterocycles. The highest BCUT2D eigenvalue weighted by atomic mass is 16.5. The lowest BCUT2D eigenvalue weighted by Crippen LogP contribution is -2.13. The summed E-state index contributed by atoms with van der Waals surface area (Å²) in [6.07, 6.45) is 4.32. The maximum absolute atomic E-state index is 12.5. The fourth-order valence-electron chi connectivity index (χ4n) is 2.28. The van der Waals surface area contributed by atoms with E-state index in [-0.39, 0.29) is 5.91 Å². The first-order valence-electron chi connectivity index (χ1n) is 8.25. The van der Waals surface area contributed by atoms with Crippen molar-refractivity contribution < 1.29 is 14.3 Å². The van der Waals surface area contributed by atoms with Gasteiger partial charge in [0.2, 0.25) is 0 Å². The minimum absolute atomic E-state index is 0.229. The second-order valence-corrected chi connectivity index (χ2v) is 6.10. The summed E-state index contributed by atoms with van der Waals surface area (Å²) in [6.45, 7) is 5.19. The number of amides is 1. The fraction of sp³-hybridized carbons (Fsp3) is 0.368. The van der Waals surface area contributed by atoms with Crippen molar-refractivity contribution >= 4 is 17.3 Å². The summed E-state index contributed by atoms with van der Waals surface area (Å²) in [5.41, 5.74) is 1.95. The zero-order valence-electron chi connectivity index (χ0n) is 15.1. The van der Waals surface area contributed by atoms with Crippen LogP contribution in [0.15, 0.2) is 36.7 Å². The number of hydrogen-bond acceptors (Lipinski definition) is 5. The van der Waals surface area contributed by atoms with Crippen molar-refractivity contribution in [2.45, 2.75) is 20.3 Å². The third kappa shape index (κ3) is 5.38. The van der Waals surface area contributed by atoms with E-state index >= 15 is 0 Å². The average molecular weight is 343 g/mol. The van der Waals surface area contributed by atoms with Gasteiger partial charge in [0.05, 0.1) is 25.5 Å². The molecule has 1 amide bonds. The first-order chi connectivity index (χ1) is 12.0. The second-order valence-electron chi connectivity index (χ2n) is 6.10. The minimum Gasteiger partial charge on any atom is -0.493 e. The van der Waals surface area contributed by atoms with Crippen LogP contribution in [0.1, 0.15) is 30.6 Å². The number of carbonyl (C=O) groups is 1. The molecule has 0 unspecified atom stereocenters. The molecule has 0 spiro atoms. The van der Waals surface area contributed by atoms with Gasteiger partial charge in [-0.25, -0.2) is 0 Å². The van der Waals surface area contributed by atoms with E-state index in [2.05, 4.69) is 29.5 Å². The number of nitrogens with one attached hydrogen (secondary N) is 2. The number of aromatic nitrogens is 1. The Labute approximate surface area is 148 Å². The first-order valence-corrected chi connectivity index (χ1v) is 8.25. The highest BCUT2D eigenvalue weighted by molar-refractivity contribution is 6.04. The van der Waals surface area contributed by atoms with Crippen molar-refractivity contribution in [2.75, 3.05) is 31.4 Å². The predicted molar refractivity (Wildman–Crippen MR) is 99.7 cm³/mol. The molecule has 2 aromatic rings. The molecule has 0 saturated heterocycles. The van der Waals surface area contributed by atoms with Gasteiger partial charge in [0.15, 0.2) is 11.5 Å². The SMILES string of the molecule is COc1ccc(NC(=O)c2cncc(NCCC(C)C)c2)cc1OC. The third-order valence-electron chi connectivity index (χ3n) is 3.69. The summed E-state index contributed by atoms with van der Waals surface area (Å²) in [5.74, 6) is 1.56. The lowest BCUT2D eigenvalue weighted by atomic mass is 10.1. The number of nitrogens with zero attached hydrogens (tertiary/aromatic N) is 1. The van der Waals surface area contributed by atoms with Gasteiger partial charge in [0.1, 0.15) is 0 Å². The molecule has 0 radical (unpaired) electrons. The minimum atomic E-state index is -0.229. The number of rotatable bonds is 8. The van der Waals surface area contributed by atoms with E-state index in [9.17, 15) is 4.79 Å². The standard InChI is InChI=1S/C19H25N3O3/c1-13(2)7-8-21-16-9-14(11-20-12-16)19(23)22-15-5-6-17(24-3)18(10-15)25-4/h5-6,9-13,21H,7-8H2,1-4H3,(H,22,23). The highest BCUT2D eigenvalue weighted by Crippen LogP contribution is 2.29. The van der Waals surface area contributed by atoms with Gasteiger partial charge in [0, 0.05) is 30.7 Å². The second kappa shape index (κ2) is 8.92. The number of anilines is 2. The Morgan fingerprint density at radius 1 is 1.08 bits per heavy atom. The molecule has 0 aliphatic carbocycles. The summed E-state index contributed by atoms with van der Waals surface area (Å²) in [4.78, 5) is 16.6. The van der Waals surface area contributed by atoms with E-state index in [0.29, 0.717) is 28.7 Å². The van der Waals surface area contributed by atoms with Crippen LogP contribution in [0.5, 0.6) is 11.5 Å². The van der Waals surface area contributed by atoms with E-state index in [1.807, 2.05) is 0 Å². The Morgan fingerprint density at radius 3 is 2.52 bits per heavy atom. The van der Waals surface area contributed by atoms with Crippen LogP contribution in [0, 0.1) is 5.92 Å². The van der Waals surface area contributed by atoms with Gasteiger partial charge in [-0.15, -0.1) is 0 Å². The van der Waals surface area contributed by atoms with Crippen molar-refractivity contribution in [1.29, 1.82) is 0 Å². The Balaban J connectivity index is 2.05. The maximum Gasteiger partial charge on any atom is 0.257 e. The van der Waals surface area contributed by atoms with Crippen molar-refractivity contribution in [2.24, 2.45) is 5.92 Å². The molecule has 0 saturated carbocycles. The van der Waals surface area contributed by atoms with E-state index in [4.69, 9.17) is 9.47 Å². The molecular weight excluding hydrogens is 318 g/mol. The van der Waals surface area contributed by atoms with E-state index < -0.39 is 0 Å². The molecule has 6 nitrogen and oxygen atoms in total. The molecule has 0 aliphatic heterocycles. The van der Waals surface area contributed by atoms with Crippen LogP contribution in [0.2, 0.25) is 0 Å². The van der Waals surface area contributed by atoms with Crippen molar-refractivity contribution in [3.63, 3.8) is 0 Å². The van der Waals surface area contributed by atoms with Crippen LogP contribution in [-0.2, 0) is 0 Å². The van der Waals surface area contributed by atoms with Gasteiger partial charge in [-0.3, -0.25) is 9.78 Å². The van der Waals surface area contributed by atoms with Crippen molar-refractivity contribution in [3.05, 3.63) is 42.2 Å². The van der Waals surface area contributed by atoms with Crippen LogP contribution in [0.25, 0.3) is 0 Å². The van der Waals surface area contributed by atoms with Gasteiger partial charge in [0.25, 0.3) is 5.91 Å². The van der Waals surface area contributed by atoms with Gasteiger partial charge < -0.3 is 20.1 Å². The normalized spacial score (nSPS) is 10.4. The molecular formula is C19H25N3O3. The fourth-order valence-corrected chi connectivity index (χ4v) is 2.28. The molecule has 0 fully saturated rings. The molecule has 134 valence electrons. The van der Waals surface area contributed by atoms with Gasteiger partial charge >= 0.3 is 0 Å². The smallest absolute Gasteiger partial charge is 0.257 e. The first kappa shape index (κ1) is 18.6. The largest absolute Gasteiger partial charge is 0.493 e. The topological polar surface area (TPSA) is 72.5 Å². The van der Waals surface area contributed by atoms with E-state index in [0.717, 1.165) is 18.7 Å². The number of pyridine rings is 1. The Kier molecular flexibility index (Phi) is 6.62. The van der Waals surface area contributed by atoms with Crippen LogP contribution < -0.4 is 20.1 Å². The zero-order chi connectivity index (χ0) is 18.2. The molecule has 0 bridgehead atoms. The zero-order valence-corrected chi connectivity index (χ0v) is 15.1. The quantitative estimate of drug-likeness (QED) is 0.762. The Morgan fingerprint density at radius 2 is 1.84 bits per heavy atom. The summed E-state index contributed by atoms with van der Waals surface area (Å²) in [5, 5.41) is 6.13. The molecule has 6 heteroatoms. The van der Waals surface area contributed by atoms with Crippen molar-refractivity contribution in [3.8, 4) is 11.5 Å². The molecule has 1 heterocycles. The molecule has 1 aromatic carbocycles. The highest BCUT2D eigenvalue weighted by Gasteiger charge is 2.10. The molecule has 25 heavy (non-hydrogen) atoms. The molecule has 0 aliphatic rings. The number of methoxy groups -OCH3 is 2. The molecule has 0 atom stereocenters. The number of carbonyl (C=O) groups excluding carboxylic acids is 1. The summed E-state index contributed by atoms with van der Waals surface area (Å²) < 4.78 is 10.4. The van der Waals surface area contributed by atoms with Gasteiger partial charge in [-0.2, -0.15) is 0 Å².